The van der Waals surface area contributed by atoms with Crippen molar-refractivity contribution < 1.29 is 9.72 Å². The zero-order valence-corrected chi connectivity index (χ0v) is 12.6. The Kier molecular flexibility index (Phi) is 5.01. The quantitative estimate of drug-likeness (QED) is 0.507. The second-order valence-electron chi connectivity index (χ2n) is 5.27. The molecular formula is C12H20N6O3. The molecule has 9 nitrogen and oxygen atoms in total. The van der Waals surface area contributed by atoms with Crippen molar-refractivity contribution in [3.05, 3.63) is 15.8 Å². The van der Waals surface area contributed by atoms with Crippen molar-refractivity contribution in [2.45, 2.75) is 39.7 Å². The summed E-state index contributed by atoms with van der Waals surface area (Å²) in [6.45, 7) is 7.41. The van der Waals surface area contributed by atoms with Crippen LogP contribution in [-0.4, -0.2) is 32.9 Å². The molecule has 0 aliphatic rings. The van der Waals surface area contributed by atoms with Gasteiger partial charge in [0.1, 0.15) is 5.69 Å². The Balaban J connectivity index is 3.24. The number of hydrogen-bond acceptors (Lipinski definition) is 7. The van der Waals surface area contributed by atoms with E-state index in [1.54, 1.807) is 13.8 Å². The Hall–Kier alpha value is -2.45. The molecule has 0 saturated heterocycles. The van der Waals surface area contributed by atoms with Crippen LogP contribution >= 0.6 is 0 Å². The summed E-state index contributed by atoms with van der Waals surface area (Å²) in [4.78, 5) is 29.9. The van der Waals surface area contributed by atoms with Crippen LogP contribution in [0.15, 0.2) is 0 Å². The highest BCUT2D eigenvalue weighted by atomic mass is 16.6. The van der Waals surface area contributed by atoms with Crippen LogP contribution in [0, 0.1) is 17.0 Å². The minimum atomic E-state index is -0.763. The Morgan fingerprint density at radius 3 is 2.52 bits per heavy atom. The SMILES string of the molecule is CCNc1nc(C)c([N+](=O)[O-])c(NC(C)(C)CC(N)=O)n1. The fourth-order valence-corrected chi connectivity index (χ4v) is 1.91. The number of aromatic nitrogens is 2. The van der Waals surface area contributed by atoms with Gasteiger partial charge in [-0.05, 0) is 27.7 Å². The summed E-state index contributed by atoms with van der Waals surface area (Å²) in [5, 5.41) is 17.0. The summed E-state index contributed by atoms with van der Waals surface area (Å²) in [6, 6.07) is 0. The first kappa shape index (κ1) is 16.6. The van der Waals surface area contributed by atoms with Crippen LogP contribution in [0.1, 0.15) is 32.9 Å². The standard InChI is InChI=1S/C12H20N6O3/c1-5-14-11-15-7(2)9(18(20)21)10(16-11)17-12(3,4)6-8(13)19/h5-6H2,1-4H3,(H2,13,19)(H2,14,15,16,17). The van der Waals surface area contributed by atoms with Gasteiger partial charge in [-0.3, -0.25) is 14.9 Å². The van der Waals surface area contributed by atoms with Crippen LogP contribution < -0.4 is 16.4 Å². The predicted molar refractivity (Wildman–Crippen MR) is 79.1 cm³/mol. The Labute approximate surface area is 122 Å². The van der Waals surface area contributed by atoms with Crippen molar-refractivity contribution in [2.75, 3.05) is 17.2 Å². The van der Waals surface area contributed by atoms with Gasteiger partial charge in [-0.1, -0.05) is 0 Å². The molecular weight excluding hydrogens is 276 g/mol. The molecule has 0 spiro atoms. The monoisotopic (exact) mass is 296 g/mol. The molecule has 0 aliphatic carbocycles. The number of nitrogens with zero attached hydrogens (tertiary/aromatic N) is 3. The average molecular weight is 296 g/mol. The van der Waals surface area contributed by atoms with Crippen molar-refractivity contribution in [2.24, 2.45) is 5.73 Å². The van der Waals surface area contributed by atoms with Gasteiger partial charge in [0, 0.05) is 18.5 Å². The zero-order valence-electron chi connectivity index (χ0n) is 12.6. The summed E-state index contributed by atoms with van der Waals surface area (Å²) in [5.41, 5.74) is 4.44. The number of aryl methyl sites for hydroxylation is 1. The third-order valence-electron chi connectivity index (χ3n) is 2.65. The number of nitrogens with one attached hydrogen (secondary N) is 2. The smallest absolute Gasteiger partial charge is 0.332 e. The molecule has 1 rings (SSSR count). The molecule has 1 aromatic rings. The summed E-state index contributed by atoms with van der Waals surface area (Å²) >= 11 is 0. The molecule has 0 aliphatic heterocycles. The Morgan fingerprint density at radius 1 is 1.43 bits per heavy atom. The minimum Gasteiger partial charge on any atom is -0.370 e. The fourth-order valence-electron chi connectivity index (χ4n) is 1.91. The van der Waals surface area contributed by atoms with Crippen LogP contribution in [0.25, 0.3) is 0 Å². The second-order valence-corrected chi connectivity index (χ2v) is 5.27. The number of primary amides is 1. The lowest BCUT2D eigenvalue weighted by molar-refractivity contribution is -0.385. The summed E-state index contributed by atoms with van der Waals surface area (Å²) in [7, 11) is 0. The van der Waals surface area contributed by atoms with Crippen molar-refractivity contribution in [3.63, 3.8) is 0 Å². The van der Waals surface area contributed by atoms with E-state index >= 15 is 0 Å². The average Bonchev–Trinajstić information content (AvgIpc) is 2.24. The van der Waals surface area contributed by atoms with Gasteiger partial charge in [-0.15, -0.1) is 0 Å². The molecule has 0 saturated carbocycles. The number of carbonyl (C=O) groups excluding carboxylic acids is 1. The van der Waals surface area contributed by atoms with E-state index in [2.05, 4.69) is 20.6 Å². The molecule has 0 aromatic carbocycles. The van der Waals surface area contributed by atoms with Crippen LogP contribution in [-0.2, 0) is 4.79 Å². The molecule has 1 amide bonds. The van der Waals surface area contributed by atoms with E-state index in [9.17, 15) is 14.9 Å². The lowest BCUT2D eigenvalue weighted by Gasteiger charge is -2.25. The molecule has 1 aromatic heterocycles. The lowest BCUT2D eigenvalue weighted by atomic mass is 10.0. The van der Waals surface area contributed by atoms with Gasteiger partial charge in [-0.2, -0.15) is 4.98 Å². The summed E-state index contributed by atoms with van der Waals surface area (Å²) in [6.07, 6.45) is 0.0176. The number of nitro groups is 1. The first-order valence-electron chi connectivity index (χ1n) is 6.49. The zero-order chi connectivity index (χ0) is 16.2. The van der Waals surface area contributed by atoms with E-state index in [1.807, 2.05) is 6.92 Å². The maximum Gasteiger partial charge on any atom is 0.332 e. The molecule has 21 heavy (non-hydrogen) atoms. The van der Waals surface area contributed by atoms with E-state index in [0.717, 1.165) is 0 Å². The molecule has 116 valence electrons. The molecule has 0 radical (unpaired) electrons. The number of hydrogen-bond donors (Lipinski definition) is 3. The van der Waals surface area contributed by atoms with Gasteiger partial charge in [0.15, 0.2) is 0 Å². The normalized spacial score (nSPS) is 11.0. The number of rotatable bonds is 7. The van der Waals surface area contributed by atoms with Crippen LogP contribution in [0.5, 0.6) is 0 Å². The number of amides is 1. The topological polar surface area (TPSA) is 136 Å². The van der Waals surface area contributed by atoms with Crippen molar-refractivity contribution in [3.8, 4) is 0 Å². The first-order valence-corrected chi connectivity index (χ1v) is 6.49. The highest BCUT2D eigenvalue weighted by Gasteiger charge is 2.28. The summed E-state index contributed by atoms with van der Waals surface area (Å²) < 4.78 is 0. The second kappa shape index (κ2) is 6.33. The van der Waals surface area contributed by atoms with Crippen molar-refractivity contribution in [1.29, 1.82) is 0 Å². The molecule has 0 atom stereocenters. The highest BCUT2D eigenvalue weighted by molar-refractivity contribution is 5.76. The fraction of sp³-hybridized carbons (Fsp3) is 0.583. The van der Waals surface area contributed by atoms with E-state index in [0.29, 0.717) is 6.54 Å². The van der Waals surface area contributed by atoms with Gasteiger partial charge < -0.3 is 16.4 Å². The van der Waals surface area contributed by atoms with Crippen molar-refractivity contribution >= 4 is 23.4 Å². The molecule has 0 bridgehead atoms. The lowest BCUT2D eigenvalue weighted by Crippen LogP contribution is -2.36. The molecule has 1 heterocycles. The van der Waals surface area contributed by atoms with Gasteiger partial charge in [0.25, 0.3) is 0 Å². The van der Waals surface area contributed by atoms with Crippen LogP contribution in [0.3, 0.4) is 0 Å². The van der Waals surface area contributed by atoms with E-state index in [4.69, 9.17) is 5.73 Å². The number of nitrogens with two attached hydrogens (primary N) is 1. The maximum absolute atomic E-state index is 11.2. The first-order chi connectivity index (χ1) is 9.66. The predicted octanol–water partition coefficient (Wildman–Crippen LogP) is 1.19. The highest BCUT2D eigenvalue weighted by Crippen LogP contribution is 2.29. The Bertz CT molecular complexity index is 558. The summed E-state index contributed by atoms with van der Waals surface area (Å²) in [5.74, 6) is -0.152. The third kappa shape index (κ3) is 4.55. The third-order valence-corrected chi connectivity index (χ3v) is 2.65. The molecule has 4 N–H and O–H groups in total. The van der Waals surface area contributed by atoms with Crippen LogP contribution in [0.4, 0.5) is 17.5 Å². The minimum absolute atomic E-state index is 0.0176. The van der Waals surface area contributed by atoms with E-state index in [1.165, 1.54) is 6.92 Å². The molecule has 0 unspecified atom stereocenters. The van der Waals surface area contributed by atoms with Gasteiger partial charge in [0.2, 0.25) is 17.7 Å². The largest absolute Gasteiger partial charge is 0.370 e. The molecule has 0 fully saturated rings. The number of carbonyl (C=O) groups is 1. The Morgan fingerprint density at radius 2 is 2.05 bits per heavy atom. The van der Waals surface area contributed by atoms with E-state index < -0.39 is 16.4 Å². The van der Waals surface area contributed by atoms with Gasteiger partial charge in [0.05, 0.1) is 4.92 Å². The van der Waals surface area contributed by atoms with Gasteiger partial charge >= 0.3 is 5.69 Å². The number of anilines is 2. The van der Waals surface area contributed by atoms with Gasteiger partial charge in [-0.25, -0.2) is 4.98 Å². The van der Waals surface area contributed by atoms with E-state index in [-0.39, 0.29) is 29.6 Å². The van der Waals surface area contributed by atoms with Crippen LogP contribution in [0.2, 0.25) is 0 Å². The maximum atomic E-state index is 11.2. The van der Waals surface area contributed by atoms with Crippen molar-refractivity contribution in [1.82, 2.24) is 9.97 Å². The molecule has 9 heteroatoms.